The van der Waals surface area contributed by atoms with E-state index in [0.29, 0.717) is 24.6 Å². The summed E-state index contributed by atoms with van der Waals surface area (Å²) in [6.07, 6.45) is 0. The fraction of sp³-hybridized carbons (Fsp3) is 0.263. The van der Waals surface area contributed by atoms with Gasteiger partial charge in [0.25, 0.3) is 0 Å². The Hall–Kier alpha value is -2.18. The second-order valence-electron chi connectivity index (χ2n) is 5.50. The summed E-state index contributed by atoms with van der Waals surface area (Å²) in [6, 6.07) is 14.7. The van der Waals surface area contributed by atoms with Gasteiger partial charge in [-0.15, -0.1) is 10.2 Å². The standard InChI is InChI=1S/C19H20FN3OS/c1-3-24-12-13-25-19-22-21-18(16-6-4-5-7-17(16)20)23(19)15-10-8-14(2)9-11-15/h4-11H,3,12-13H2,1-2H3. The first kappa shape index (κ1) is 17.6. The first-order chi connectivity index (χ1) is 12.2. The predicted octanol–water partition coefficient (Wildman–Crippen LogP) is 4.51. The lowest BCUT2D eigenvalue weighted by Crippen LogP contribution is -2.02. The third-order valence-corrected chi connectivity index (χ3v) is 4.60. The highest BCUT2D eigenvalue weighted by Crippen LogP contribution is 2.29. The Morgan fingerprint density at radius 1 is 1.08 bits per heavy atom. The Bertz CT molecular complexity index is 833. The molecule has 0 amide bonds. The van der Waals surface area contributed by atoms with Crippen LogP contribution in [0.3, 0.4) is 0 Å². The van der Waals surface area contributed by atoms with Gasteiger partial charge >= 0.3 is 0 Å². The maximum absolute atomic E-state index is 14.3. The van der Waals surface area contributed by atoms with E-state index in [1.807, 2.05) is 42.7 Å². The number of ether oxygens (including phenoxy) is 1. The highest BCUT2D eigenvalue weighted by molar-refractivity contribution is 7.99. The molecule has 2 aromatic carbocycles. The molecule has 0 aliphatic carbocycles. The van der Waals surface area contributed by atoms with E-state index in [-0.39, 0.29) is 5.82 Å². The SMILES string of the molecule is CCOCCSc1nnc(-c2ccccc2F)n1-c1ccc(C)cc1. The van der Waals surface area contributed by atoms with Crippen LogP contribution >= 0.6 is 11.8 Å². The summed E-state index contributed by atoms with van der Waals surface area (Å²) in [5.74, 6) is 0.949. The zero-order chi connectivity index (χ0) is 17.6. The van der Waals surface area contributed by atoms with Crippen molar-refractivity contribution in [1.82, 2.24) is 14.8 Å². The largest absolute Gasteiger partial charge is 0.381 e. The minimum atomic E-state index is -0.311. The molecule has 0 fully saturated rings. The van der Waals surface area contributed by atoms with Crippen LogP contribution in [-0.4, -0.2) is 33.7 Å². The molecule has 3 rings (SSSR count). The first-order valence-electron chi connectivity index (χ1n) is 8.18. The van der Waals surface area contributed by atoms with Gasteiger partial charge in [-0.05, 0) is 38.1 Å². The molecule has 1 heterocycles. The van der Waals surface area contributed by atoms with E-state index in [2.05, 4.69) is 10.2 Å². The van der Waals surface area contributed by atoms with Crippen molar-refractivity contribution in [3.63, 3.8) is 0 Å². The molecule has 130 valence electrons. The minimum absolute atomic E-state index is 0.311. The lowest BCUT2D eigenvalue weighted by molar-refractivity contribution is 0.164. The van der Waals surface area contributed by atoms with E-state index >= 15 is 0 Å². The predicted molar refractivity (Wildman–Crippen MR) is 98.7 cm³/mol. The van der Waals surface area contributed by atoms with E-state index in [4.69, 9.17) is 4.74 Å². The molecule has 0 saturated heterocycles. The van der Waals surface area contributed by atoms with Crippen LogP contribution in [0.4, 0.5) is 4.39 Å². The Kier molecular flexibility index (Phi) is 5.83. The average molecular weight is 357 g/mol. The normalized spacial score (nSPS) is 11.0. The van der Waals surface area contributed by atoms with E-state index < -0.39 is 0 Å². The maximum atomic E-state index is 14.3. The second-order valence-corrected chi connectivity index (χ2v) is 6.56. The monoisotopic (exact) mass is 357 g/mol. The van der Waals surface area contributed by atoms with Crippen LogP contribution in [0.2, 0.25) is 0 Å². The van der Waals surface area contributed by atoms with Crippen LogP contribution < -0.4 is 0 Å². The molecule has 4 nitrogen and oxygen atoms in total. The number of nitrogens with zero attached hydrogens (tertiary/aromatic N) is 3. The van der Waals surface area contributed by atoms with Gasteiger partial charge in [0.2, 0.25) is 0 Å². The number of aromatic nitrogens is 3. The molecule has 0 saturated carbocycles. The number of benzene rings is 2. The van der Waals surface area contributed by atoms with Crippen molar-refractivity contribution in [1.29, 1.82) is 0 Å². The van der Waals surface area contributed by atoms with Gasteiger partial charge in [0, 0.05) is 18.0 Å². The Balaban J connectivity index is 2.02. The number of aryl methyl sites for hydroxylation is 1. The molecule has 0 spiro atoms. The number of hydrogen-bond donors (Lipinski definition) is 0. The van der Waals surface area contributed by atoms with E-state index in [1.165, 1.54) is 6.07 Å². The number of rotatable bonds is 7. The quantitative estimate of drug-likeness (QED) is 0.461. The molecule has 0 N–H and O–H groups in total. The van der Waals surface area contributed by atoms with E-state index in [9.17, 15) is 4.39 Å². The highest BCUT2D eigenvalue weighted by atomic mass is 32.2. The summed E-state index contributed by atoms with van der Waals surface area (Å²) < 4.78 is 21.6. The zero-order valence-electron chi connectivity index (χ0n) is 14.3. The summed E-state index contributed by atoms with van der Waals surface area (Å²) in [7, 11) is 0. The van der Waals surface area contributed by atoms with Gasteiger partial charge in [0.1, 0.15) is 5.82 Å². The molecular weight excluding hydrogens is 337 g/mol. The smallest absolute Gasteiger partial charge is 0.196 e. The Morgan fingerprint density at radius 2 is 1.84 bits per heavy atom. The van der Waals surface area contributed by atoms with Gasteiger partial charge in [0.05, 0.1) is 12.2 Å². The van der Waals surface area contributed by atoms with E-state index in [1.54, 1.807) is 30.0 Å². The fourth-order valence-corrected chi connectivity index (χ4v) is 3.25. The van der Waals surface area contributed by atoms with Crippen molar-refractivity contribution in [2.75, 3.05) is 19.0 Å². The highest BCUT2D eigenvalue weighted by Gasteiger charge is 2.18. The lowest BCUT2D eigenvalue weighted by Gasteiger charge is -2.11. The summed E-state index contributed by atoms with van der Waals surface area (Å²) in [6.45, 7) is 5.32. The summed E-state index contributed by atoms with van der Waals surface area (Å²) in [4.78, 5) is 0. The van der Waals surface area contributed by atoms with Gasteiger partial charge < -0.3 is 4.74 Å². The van der Waals surface area contributed by atoms with Gasteiger partial charge in [-0.1, -0.05) is 41.6 Å². The lowest BCUT2D eigenvalue weighted by atomic mass is 10.2. The molecular formula is C19H20FN3OS. The number of hydrogen-bond acceptors (Lipinski definition) is 4. The van der Waals surface area contributed by atoms with Crippen molar-refractivity contribution in [3.8, 4) is 17.1 Å². The Morgan fingerprint density at radius 3 is 2.56 bits per heavy atom. The van der Waals surface area contributed by atoms with Crippen molar-refractivity contribution in [3.05, 3.63) is 59.9 Å². The van der Waals surface area contributed by atoms with Crippen LogP contribution in [0.1, 0.15) is 12.5 Å². The second kappa shape index (κ2) is 8.27. The molecule has 1 aromatic heterocycles. The third kappa shape index (κ3) is 4.08. The van der Waals surface area contributed by atoms with Gasteiger partial charge in [0.15, 0.2) is 11.0 Å². The summed E-state index contributed by atoms with van der Waals surface area (Å²) in [5.41, 5.74) is 2.51. The van der Waals surface area contributed by atoms with Crippen molar-refractivity contribution in [2.24, 2.45) is 0 Å². The third-order valence-electron chi connectivity index (χ3n) is 3.70. The van der Waals surface area contributed by atoms with Crippen LogP contribution in [0, 0.1) is 12.7 Å². The number of halogens is 1. The van der Waals surface area contributed by atoms with E-state index in [0.717, 1.165) is 22.2 Å². The first-order valence-corrected chi connectivity index (χ1v) is 9.17. The topological polar surface area (TPSA) is 39.9 Å². The summed E-state index contributed by atoms with van der Waals surface area (Å²) >= 11 is 1.55. The van der Waals surface area contributed by atoms with Crippen molar-refractivity contribution < 1.29 is 9.13 Å². The molecule has 3 aromatic rings. The molecule has 6 heteroatoms. The molecule has 0 radical (unpaired) electrons. The zero-order valence-corrected chi connectivity index (χ0v) is 15.1. The van der Waals surface area contributed by atoms with Crippen LogP contribution in [0.15, 0.2) is 53.7 Å². The molecule has 0 aliphatic heterocycles. The molecule has 0 atom stereocenters. The molecule has 0 aliphatic rings. The van der Waals surface area contributed by atoms with Crippen LogP contribution in [0.5, 0.6) is 0 Å². The summed E-state index contributed by atoms with van der Waals surface area (Å²) in [5, 5.41) is 9.26. The van der Waals surface area contributed by atoms with Crippen molar-refractivity contribution >= 4 is 11.8 Å². The van der Waals surface area contributed by atoms with Gasteiger partial charge in [-0.2, -0.15) is 0 Å². The molecule has 0 bridgehead atoms. The van der Waals surface area contributed by atoms with Gasteiger partial charge in [-0.3, -0.25) is 4.57 Å². The maximum Gasteiger partial charge on any atom is 0.196 e. The minimum Gasteiger partial charge on any atom is -0.381 e. The fourth-order valence-electron chi connectivity index (χ4n) is 2.44. The average Bonchev–Trinajstić information content (AvgIpc) is 3.03. The molecule has 25 heavy (non-hydrogen) atoms. The number of thioether (sulfide) groups is 1. The van der Waals surface area contributed by atoms with Crippen LogP contribution in [-0.2, 0) is 4.74 Å². The van der Waals surface area contributed by atoms with Crippen molar-refractivity contribution in [2.45, 2.75) is 19.0 Å². The van der Waals surface area contributed by atoms with Gasteiger partial charge in [-0.25, -0.2) is 4.39 Å². The molecule has 0 unspecified atom stereocenters. The Labute approximate surface area is 151 Å². The van der Waals surface area contributed by atoms with Crippen LogP contribution in [0.25, 0.3) is 17.1 Å².